The molecule has 2 aliphatic rings. The summed E-state index contributed by atoms with van der Waals surface area (Å²) in [5.41, 5.74) is 1.02. The predicted molar refractivity (Wildman–Crippen MR) is 98.9 cm³/mol. The summed E-state index contributed by atoms with van der Waals surface area (Å²) in [5, 5.41) is 3.63. The van der Waals surface area contributed by atoms with Crippen LogP contribution in [0.15, 0.2) is 24.3 Å². The van der Waals surface area contributed by atoms with Crippen molar-refractivity contribution < 1.29 is 9.53 Å². The molecule has 24 heavy (non-hydrogen) atoms. The van der Waals surface area contributed by atoms with E-state index in [-0.39, 0.29) is 24.4 Å². The van der Waals surface area contributed by atoms with E-state index in [0.29, 0.717) is 24.5 Å². The van der Waals surface area contributed by atoms with Crippen molar-refractivity contribution in [2.75, 3.05) is 7.05 Å². The van der Waals surface area contributed by atoms with Gasteiger partial charge in [-0.25, -0.2) is 0 Å². The summed E-state index contributed by atoms with van der Waals surface area (Å²) in [6, 6.07) is 9.50. The number of carbonyl (C=O) groups excluding carboxylic acids is 1. The zero-order valence-electron chi connectivity index (χ0n) is 14.8. The third kappa shape index (κ3) is 4.64. The quantitative estimate of drug-likeness (QED) is 0.884. The molecule has 5 heteroatoms. The third-order valence-corrected chi connectivity index (χ3v) is 5.01. The Hall–Kier alpha value is -1.26. The normalized spacial score (nSPS) is 25.2. The number of halogens is 1. The number of carbonyl (C=O) groups is 1. The summed E-state index contributed by atoms with van der Waals surface area (Å²) in [6.07, 6.45) is 5.30. The molecule has 2 unspecified atom stereocenters. The first-order valence-electron chi connectivity index (χ1n) is 8.78. The molecule has 2 fully saturated rings. The highest BCUT2D eigenvalue weighted by atomic mass is 35.5. The summed E-state index contributed by atoms with van der Waals surface area (Å²) in [6.45, 7) is 4.02. The molecule has 2 atom stereocenters. The third-order valence-electron chi connectivity index (χ3n) is 5.01. The number of hydrogen-bond acceptors (Lipinski definition) is 3. The van der Waals surface area contributed by atoms with E-state index in [1.54, 1.807) is 0 Å². The molecule has 4 nitrogen and oxygen atoms in total. The fourth-order valence-electron chi connectivity index (χ4n) is 3.85. The Morgan fingerprint density at radius 1 is 1.29 bits per heavy atom. The van der Waals surface area contributed by atoms with Gasteiger partial charge in [0.25, 0.3) is 0 Å². The van der Waals surface area contributed by atoms with Gasteiger partial charge in [0.2, 0.25) is 5.91 Å². The van der Waals surface area contributed by atoms with E-state index >= 15 is 0 Å². The Labute approximate surface area is 151 Å². The van der Waals surface area contributed by atoms with Crippen LogP contribution in [0.4, 0.5) is 0 Å². The molecule has 2 heterocycles. The summed E-state index contributed by atoms with van der Waals surface area (Å²) in [4.78, 5) is 14.6. The molecule has 1 aromatic rings. The Bertz CT molecular complexity index is 552. The Balaban J connectivity index is 0.00000208. The van der Waals surface area contributed by atoms with Gasteiger partial charge in [-0.15, -0.1) is 12.4 Å². The molecule has 134 valence electrons. The van der Waals surface area contributed by atoms with E-state index in [1.807, 2.05) is 50.1 Å². The molecule has 0 radical (unpaired) electrons. The fourth-order valence-corrected chi connectivity index (χ4v) is 3.85. The molecule has 0 saturated carbocycles. The maximum Gasteiger partial charge on any atom is 0.226 e. The minimum atomic E-state index is 0. The molecule has 2 bridgehead atoms. The molecule has 2 aliphatic heterocycles. The second kappa shape index (κ2) is 8.21. The van der Waals surface area contributed by atoms with E-state index in [1.165, 1.54) is 12.8 Å². The molecule has 1 amide bonds. The van der Waals surface area contributed by atoms with Gasteiger partial charge < -0.3 is 15.0 Å². The lowest BCUT2D eigenvalue weighted by molar-refractivity contribution is -0.131. The van der Waals surface area contributed by atoms with E-state index in [4.69, 9.17) is 4.74 Å². The number of nitrogens with one attached hydrogen (secondary N) is 1. The highest BCUT2D eigenvalue weighted by Gasteiger charge is 2.36. The minimum absolute atomic E-state index is 0. The van der Waals surface area contributed by atoms with Crippen molar-refractivity contribution in [3.05, 3.63) is 29.8 Å². The van der Waals surface area contributed by atoms with Crippen molar-refractivity contribution in [1.82, 2.24) is 10.2 Å². The highest BCUT2D eigenvalue weighted by Crippen LogP contribution is 2.29. The molecule has 0 aliphatic carbocycles. The maximum absolute atomic E-state index is 12.6. The number of hydrogen-bond donors (Lipinski definition) is 1. The van der Waals surface area contributed by atoms with Gasteiger partial charge in [0, 0.05) is 25.2 Å². The number of benzene rings is 1. The van der Waals surface area contributed by atoms with Gasteiger partial charge in [0.1, 0.15) is 5.75 Å². The lowest BCUT2D eigenvalue weighted by Crippen LogP contribution is -2.49. The van der Waals surface area contributed by atoms with Crippen LogP contribution in [0.25, 0.3) is 0 Å². The van der Waals surface area contributed by atoms with Gasteiger partial charge in [-0.1, -0.05) is 12.1 Å². The van der Waals surface area contributed by atoms with E-state index in [9.17, 15) is 4.79 Å². The first kappa shape index (κ1) is 19.1. The highest BCUT2D eigenvalue weighted by molar-refractivity contribution is 5.85. The average molecular weight is 353 g/mol. The molecule has 1 aromatic carbocycles. The van der Waals surface area contributed by atoms with Crippen molar-refractivity contribution in [2.45, 2.75) is 70.2 Å². The monoisotopic (exact) mass is 352 g/mol. The zero-order valence-corrected chi connectivity index (χ0v) is 15.6. The number of amides is 1. The lowest BCUT2D eigenvalue weighted by atomic mass is 9.98. The van der Waals surface area contributed by atoms with Crippen molar-refractivity contribution in [2.24, 2.45) is 0 Å². The molecular formula is C19H29ClN2O2. The summed E-state index contributed by atoms with van der Waals surface area (Å²) < 4.78 is 5.72. The van der Waals surface area contributed by atoms with Crippen LogP contribution >= 0.6 is 12.4 Å². The fraction of sp³-hybridized carbons (Fsp3) is 0.632. The molecule has 0 spiro atoms. The average Bonchev–Trinajstić information content (AvgIpc) is 2.84. The van der Waals surface area contributed by atoms with Gasteiger partial charge in [0.05, 0.1) is 12.5 Å². The maximum atomic E-state index is 12.6. The van der Waals surface area contributed by atoms with Crippen LogP contribution in [0.2, 0.25) is 0 Å². The Morgan fingerprint density at radius 2 is 1.96 bits per heavy atom. The molecule has 2 saturated heterocycles. The number of rotatable bonds is 5. The molecule has 1 N–H and O–H groups in total. The van der Waals surface area contributed by atoms with Gasteiger partial charge in [-0.05, 0) is 57.2 Å². The van der Waals surface area contributed by atoms with Crippen molar-refractivity contribution in [1.29, 1.82) is 0 Å². The number of fused-ring (bicyclic) bond motifs is 2. The number of piperidine rings is 1. The van der Waals surface area contributed by atoms with Crippen LogP contribution < -0.4 is 10.1 Å². The van der Waals surface area contributed by atoms with Gasteiger partial charge in [-0.2, -0.15) is 0 Å². The molecule has 0 aromatic heterocycles. The van der Waals surface area contributed by atoms with Crippen LogP contribution in [-0.4, -0.2) is 42.1 Å². The van der Waals surface area contributed by atoms with Crippen LogP contribution in [0.3, 0.4) is 0 Å². The van der Waals surface area contributed by atoms with Gasteiger partial charge >= 0.3 is 0 Å². The lowest BCUT2D eigenvalue weighted by Gasteiger charge is -2.35. The first-order valence-corrected chi connectivity index (χ1v) is 8.78. The van der Waals surface area contributed by atoms with Gasteiger partial charge in [-0.3, -0.25) is 4.79 Å². The van der Waals surface area contributed by atoms with E-state index in [2.05, 4.69) is 5.32 Å². The van der Waals surface area contributed by atoms with Gasteiger partial charge in [0.15, 0.2) is 0 Å². The number of ether oxygens (including phenoxy) is 1. The van der Waals surface area contributed by atoms with E-state index < -0.39 is 0 Å². The second-order valence-corrected chi connectivity index (χ2v) is 7.26. The predicted octanol–water partition coefficient (Wildman–Crippen LogP) is 3.18. The molecule has 3 rings (SSSR count). The van der Waals surface area contributed by atoms with Crippen molar-refractivity contribution >= 4 is 18.3 Å². The minimum Gasteiger partial charge on any atom is -0.491 e. The number of nitrogens with zero attached hydrogens (tertiary/aromatic N) is 1. The van der Waals surface area contributed by atoms with Crippen LogP contribution in [0.5, 0.6) is 5.75 Å². The van der Waals surface area contributed by atoms with Crippen LogP contribution in [-0.2, 0) is 11.2 Å². The van der Waals surface area contributed by atoms with E-state index in [0.717, 1.165) is 24.2 Å². The SMILES string of the molecule is CC(C)Oc1cccc(CC(=O)N(C)C2CC3CCC(C2)N3)c1.Cl. The van der Waals surface area contributed by atoms with Crippen LogP contribution in [0, 0.1) is 0 Å². The van der Waals surface area contributed by atoms with Crippen LogP contribution in [0.1, 0.15) is 45.1 Å². The molecular weight excluding hydrogens is 324 g/mol. The summed E-state index contributed by atoms with van der Waals surface area (Å²) in [7, 11) is 1.96. The number of likely N-dealkylation sites (N-methyl/N-ethyl adjacent to an activating group) is 1. The topological polar surface area (TPSA) is 41.6 Å². The zero-order chi connectivity index (χ0) is 16.4. The second-order valence-electron chi connectivity index (χ2n) is 7.26. The van der Waals surface area contributed by atoms with Crippen molar-refractivity contribution in [3.8, 4) is 5.75 Å². The summed E-state index contributed by atoms with van der Waals surface area (Å²) in [5.74, 6) is 1.05. The standard InChI is InChI=1S/C19H28N2O2.ClH/c1-13(2)23-18-6-4-5-14(9-18)10-19(22)21(3)17-11-15-7-8-16(12-17)20-15;/h4-6,9,13,15-17,20H,7-8,10-12H2,1-3H3;1H. The van der Waals surface area contributed by atoms with Crippen molar-refractivity contribution in [3.63, 3.8) is 0 Å². The Morgan fingerprint density at radius 3 is 2.58 bits per heavy atom. The first-order chi connectivity index (χ1) is 11.0. The largest absolute Gasteiger partial charge is 0.491 e. The Kier molecular flexibility index (Phi) is 6.53. The smallest absolute Gasteiger partial charge is 0.226 e. The summed E-state index contributed by atoms with van der Waals surface area (Å²) >= 11 is 0.